The van der Waals surface area contributed by atoms with Crippen LogP contribution in [0.15, 0.2) is 24.4 Å². The van der Waals surface area contributed by atoms with Gasteiger partial charge in [0.05, 0.1) is 11.7 Å². The number of carbonyl (C=O) groups is 1. The number of rotatable bonds is 2. The number of amides is 1. The molecule has 0 bridgehead atoms. The van der Waals surface area contributed by atoms with Gasteiger partial charge in [0.1, 0.15) is 6.54 Å². The van der Waals surface area contributed by atoms with E-state index in [0.717, 1.165) is 10.9 Å². The summed E-state index contributed by atoms with van der Waals surface area (Å²) < 4.78 is 1.74. The predicted molar refractivity (Wildman–Crippen MR) is 74.5 cm³/mol. The molecule has 98 valence electrons. The van der Waals surface area contributed by atoms with Crippen molar-refractivity contribution in [2.45, 2.75) is 27.3 Å². The Morgan fingerprint density at radius 1 is 1.33 bits per heavy atom. The second kappa shape index (κ2) is 6.19. The average Bonchev–Trinajstić information content (AvgIpc) is 2.74. The minimum Gasteiger partial charge on any atom is -0.347 e. The molecule has 2 rings (SSSR count). The fourth-order valence-electron chi connectivity index (χ4n) is 1.58. The second-order valence-corrected chi connectivity index (χ2v) is 4.15. The van der Waals surface area contributed by atoms with Gasteiger partial charge in [-0.3, -0.25) is 9.48 Å². The number of likely N-dealkylation sites (N-methyl/N-ethyl adjacent to an activating group) is 1. The number of aromatic nitrogens is 2. The van der Waals surface area contributed by atoms with Crippen LogP contribution < -0.4 is 0 Å². The first-order valence-electron chi connectivity index (χ1n) is 6.20. The third-order valence-electron chi connectivity index (χ3n) is 2.58. The van der Waals surface area contributed by atoms with Crippen molar-refractivity contribution in [3.63, 3.8) is 0 Å². The van der Waals surface area contributed by atoms with Crippen LogP contribution in [0.2, 0.25) is 0 Å². The number of benzene rings is 1. The fourth-order valence-corrected chi connectivity index (χ4v) is 1.58. The molecule has 1 aromatic carbocycles. The zero-order chi connectivity index (χ0) is 13.7. The van der Waals surface area contributed by atoms with Gasteiger partial charge in [-0.1, -0.05) is 26.0 Å². The maximum absolute atomic E-state index is 11.6. The van der Waals surface area contributed by atoms with Gasteiger partial charge >= 0.3 is 0 Å². The van der Waals surface area contributed by atoms with E-state index in [2.05, 4.69) is 5.10 Å². The van der Waals surface area contributed by atoms with Gasteiger partial charge in [-0.15, -0.1) is 0 Å². The van der Waals surface area contributed by atoms with Gasteiger partial charge in [0.25, 0.3) is 0 Å². The van der Waals surface area contributed by atoms with E-state index in [9.17, 15) is 4.79 Å². The monoisotopic (exact) mass is 247 g/mol. The highest BCUT2D eigenvalue weighted by molar-refractivity contribution is 5.82. The first-order chi connectivity index (χ1) is 8.58. The molecule has 0 aliphatic heterocycles. The maximum Gasteiger partial charge on any atom is 0.243 e. The molecule has 1 heterocycles. The highest BCUT2D eigenvalue weighted by Gasteiger charge is 2.08. The third-order valence-corrected chi connectivity index (χ3v) is 2.58. The number of hydrogen-bond donors (Lipinski definition) is 0. The number of aryl methyl sites for hydroxylation is 1. The molecule has 1 amide bonds. The summed E-state index contributed by atoms with van der Waals surface area (Å²) in [6.45, 7) is 6.32. The van der Waals surface area contributed by atoms with E-state index >= 15 is 0 Å². The first-order valence-corrected chi connectivity index (χ1v) is 6.20. The van der Waals surface area contributed by atoms with Crippen molar-refractivity contribution in [2.24, 2.45) is 0 Å². The van der Waals surface area contributed by atoms with E-state index in [1.165, 1.54) is 5.56 Å². The zero-order valence-electron chi connectivity index (χ0n) is 11.8. The number of carbonyl (C=O) groups excluding carboxylic acids is 1. The molecule has 1 aromatic heterocycles. The molecule has 4 heteroatoms. The van der Waals surface area contributed by atoms with Crippen LogP contribution in [0.3, 0.4) is 0 Å². The Morgan fingerprint density at radius 2 is 2.00 bits per heavy atom. The SMILES string of the molecule is CC.Cc1ccc2cnn(CC(=O)N(C)C)c2c1. The fraction of sp³-hybridized carbons (Fsp3) is 0.429. The normalized spacial score (nSPS) is 9.83. The molecule has 4 nitrogen and oxygen atoms in total. The smallest absolute Gasteiger partial charge is 0.243 e. The summed E-state index contributed by atoms with van der Waals surface area (Å²) >= 11 is 0. The van der Waals surface area contributed by atoms with Crippen molar-refractivity contribution in [1.29, 1.82) is 0 Å². The zero-order valence-corrected chi connectivity index (χ0v) is 11.8. The van der Waals surface area contributed by atoms with E-state index in [1.54, 1.807) is 29.9 Å². The quantitative estimate of drug-likeness (QED) is 0.817. The van der Waals surface area contributed by atoms with Crippen LogP contribution in [-0.4, -0.2) is 34.7 Å². The molecule has 0 fully saturated rings. The Kier molecular flexibility index (Phi) is 4.89. The number of fused-ring (bicyclic) bond motifs is 1. The third kappa shape index (κ3) is 3.09. The van der Waals surface area contributed by atoms with E-state index in [4.69, 9.17) is 0 Å². The van der Waals surface area contributed by atoms with E-state index in [-0.39, 0.29) is 5.91 Å². The molecule has 0 saturated carbocycles. The van der Waals surface area contributed by atoms with Crippen LogP contribution >= 0.6 is 0 Å². The summed E-state index contributed by atoms with van der Waals surface area (Å²) in [5.41, 5.74) is 2.18. The topological polar surface area (TPSA) is 38.1 Å². The molecular formula is C14H21N3O. The molecule has 0 aliphatic rings. The highest BCUT2D eigenvalue weighted by Crippen LogP contribution is 2.15. The van der Waals surface area contributed by atoms with E-state index < -0.39 is 0 Å². The van der Waals surface area contributed by atoms with Crippen molar-refractivity contribution in [3.8, 4) is 0 Å². The summed E-state index contributed by atoms with van der Waals surface area (Å²) in [4.78, 5) is 13.2. The summed E-state index contributed by atoms with van der Waals surface area (Å²) in [5.74, 6) is 0.0477. The summed E-state index contributed by atoms with van der Waals surface area (Å²) in [7, 11) is 3.50. The molecule has 0 aliphatic carbocycles. The van der Waals surface area contributed by atoms with Gasteiger partial charge in [-0.2, -0.15) is 5.10 Å². The molecule has 0 radical (unpaired) electrons. The summed E-state index contributed by atoms with van der Waals surface area (Å²) in [6.07, 6.45) is 1.79. The summed E-state index contributed by atoms with van der Waals surface area (Å²) in [5, 5.41) is 5.29. The van der Waals surface area contributed by atoms with Crippen LogP contribution in [0.25, 0.3) is 10.9 Å². The lowest BCUT2D eigenvalue weighted by Crippen LogP contribution is -2.26. The summed E-state index contributed by atoms with van der Waals surface area (Å²) in [6, 6.07) is 6.11. The van der Waals surface area contributed by atoms with Crippen LogP contribution in [0.4, 0.5) is 0 Å². The van der Waals surface area contributed by atoms with Crippen LogP contribution in [0.1, 0.15) is 19.4 Å². The maximum atomic E-state index is 11.6. The lowest BCUT2D eigenvalue weighted by atomic mass is 10.2. The Balaban J connectivity index is 0.000000771. The average molecular weight is 247 g/mol. The molecular weight excluding hydrogens is 226 g/mol. The van der Waals surface area contributed by atoms with Crippen LogP contribution in [-0.2, 0) is 11.3 Å². The van der Waals surface area contributed by atoms with Crippen molar-refractivity contribution >= 4 is 16.8 Å². The van der Waals surface area contributed by atoms with Crippen LogP contribution in [0.5, 0.6) is 0 Å². The van der Waals surface area contributed by atoms with Gasteiger partial charge in [0, 0.05) is 19.5 Å². The van der Waals surface area contributed by atoms with Crippen LogP contribution in [0, 0.1) is 6.92 Å². The van der Waals surface area contributed by atoms with Crippen molar-refractivity contribution in [1.82, 2.24) is 14.7 Å². The van der Waals surface area contributed by atoms with Gasteiger partial charge in [0.15, 0.2) is 0 Å². The second-order valence-electron chi connectivity index (χ2n) is 4.15. The first kappa shape index (κ1) is 14.2. The minimum atomic E-state index is 0.0477. The van der Waals surface area contributed by atoms with E-state index in [1.807, 2.05) is 39.0 Å². The molecule has 0 spiro atoms. The standard InChI is InChI=1S/C12H15N3O.C2H6/c1-9-4-5-10-7-13-15(11(10)6-9)8-12(16)14(2)3;1-2/h4-7H,8H2,1-3H3;1-2H3. The Labute approximate surface area is 108 Å². The molecule has 0 N–H and O–H groups in total. The Bertz CT molecular complexity index is 529. The minimum absolute atomic E-state index is 0.0477. The van der Waals surface area contributed by atoms with Crippen molar-refractivity contribution in [2.75, 3.05) is 14.1 Å². The molecule has 0 atom stereocenters. The largest absolute Gasteiger partial charge is 0.347 e. The predicted octanol–water partition coefficient (Wildman–Crippen LogP) is 2.46. The Morgan fingerprint density at radius 3 is 2.61 bits per heavy atom. The van der Waals surface area contributed by atoms with Gasteiger partial charge < -0.3 is 4.90 Å². The lowest BCUT2D eigenvalue weighted by Gasteiger charge is -2.10. The molecule has 18 heavy (non-hydrogen) atoms. The van der Waals surface area contributed by atoms with Gasteiger partial charge in [0.2, 0.25) is 5.91 Å². The number of hydrogen-bond acceptors (Lipinski definition) is 2. The van der Waals surface area contributed by atoms with E-state index in [0.29, 0.717) is 6.54 Å². The molecule has 0 unspecified atom stereocenters. The van der Waals surface area contributed by atoms with Crippen molar-refractivity contribution in [3.05, 3.63) is 30.0 Å². The lowest BCUT2D eigenvalue weighted by molar-refractivity contribution is -0.129. The number of nitrogens with zero attached hydrogens (tertiary/aromatic N) is 3. The molecule has 0 saturated heterocycles. The highest BCUT2D eigenvalue weighted by atomic mass is 16.2. The van der Waals surface area contributed by atoms with Gasteiger partial charge in [-0.25, -0.2) is 0 Å². The van der Waals surface area contributed by atoms with Gasteiger partial charge in [-0.05, 0) is 18.6 Å². The molecule has 2 aromatic rings. The van der Waals surface area contributed by atoms with Crippen molar-refractivity contribution < 1.29 is 4.79 Å². The Hall–Kier alpha value is -1.84.